The second-order valence-electron chi connectivity index (χ2n) is 7.91. The van der Waals surface area contributed by atoms with Gasteiger partial charge in [-0.25, -0.2) is 4.98 Å². The number of rotatable bonds is 7. The van der Waals surface area contributed by atoms with Crippen molar-refractivity contribution in [2.75, 3.05) is 25.1 Å². The molecule has 2 aromatic carbocycles. The standard InChI is InChI=1S/C24H26ClN3O2S2/c1-31-15-12-20(26-22(29)17-6-2-3-7-18(17)25)24(30)28-13-10-16(11-14-28)23-27-19-8-4-5-9-21(19)32-23/h2-9,16,20H,10-15H2,1H3,(H,26,29)/t20-/m0/s1. The Morgan fingerprint density at radius 3 is 2.62 bits per heavy atom. The molecule has 1 aromatic heterocycles. The number of thioether (sulfide) groups is 1. The molecule has 2 amide bonds. The minimum Gasteiger partial charge on any atom is -0.341 e. The van der Waals surface area contributed by atoms with Gasteiger partial charge in [-0.2, -0.15) is 11.8 Å². The molecule has 5 nitrogen and oxygen atoms in total. The quantitative estimate of drug-likeness (QED) is 0.497. The number of nitrogens with one attached hydrogen (secondary N) is 1. The number of likely N-dealkylation sites (tertiary alicyclic amines) is 1. The van der Waals surface area contributed by atoms with Crippen LogP contribution in [0.15, 0.2) is 48.5 Å². The zero-order valence-corrected chi connectivity index (χ0v) is 20.3. The molecule has 168 valence electrons. The van der Waals surface area contributed by atoms with Crippen LogP contribution >= 0.6 is 34.7 Å². The second kappa shape index (κ2) is 10.7. The lowest BCUT2D eigenvalue weighted by Crippen LogP contribution is -2.50. The summed E-state index contributed by atoms with van der Waals surface area (Å²) >= 11 is 9.59. The summed E-state index contributed by atoms with van der Waals surface area (Å²) in [5.74, 6) is 0.849. The van der Waals surface area contributed by atoms with Gasteiger partial charge in [0.05, 0.1) is 25.8 Å². The molecule has 8 heteroatoms. The summed E-state index contributed by atoms with van der Waals surface area (Å²) in [5, 5.41) is 4.47. The lowest BCUT2D eigenvalue weighted by Gasteiger charge is -2.34. The van der Waals surface area contributed by atoms with Crippen molar-refractivity contribution in [2.45, 2.75) is 31.2 Å². The van der Waals surface area contributed by atoms with Crippen LogP contribution in [0, 0.1) is 0 Å². The predicted octanol–water partition coefficient (Wildman–Crippen LogP) is 5.21. The largest absolute Gasteiger partial charge is 0.341 e. The first kappa shape index (κ1) is 23.1. The highest BCUT2D eigenvalue weighted by atomic mass is 35.5. The van der Waals surface area contributed by atoms with Crippen molar-refractivity contribution in [1.82, 2.24) is 15.2 Å². The number of benzene rings is 2. The highest BCUT2D eigenvalue weighted by Crippen LogP contribution is 2.34. The van der Waals surface area contributed by atoms with Gasteiger partial charge in [0.25, 0.3) is 5.91 Å². The van der Waals surface area contributed by atoms with E-state index in [0.29, 0.717) is 36.0 Å². The van der Waals surface area contributed by atoms with Crippen LogP contribution < -0.4 is 5.32 Å². The van der Waals surface area contributed by atoms with Crippen molar-refractivity contribution < 1.29 is 9.59 Å². The fraction of sp³-hybridized carbons (Fsp3) is 0.375. The van der Waals surface area contributed by atoms with Crippen molar-refractivity contribution in [3.63, 3.8) is 0 Å². The van der Waals surface area contributed by atoms with Crippen molar-refractivity contribution in [1.29, 1.82) is 0 Å². The average molecular weight is 488 g/mol. The Kier molecular flexibility index (Phi) is 7.71. The molecule has 0 spiro atoms. The number of carbonyl (C=O) groups is 2. The lowest BCUT2D eigenvalue weighted by molar-refractivity contribution is -0.134. The number of amides is 2. The Hall–Kier alpha value is -2.09. The molecule has 32 heavy (non-hydrogen) atoms. The van der Waals surface area contributed by atoms with Gasteiger partial charge in [0.15, 0.2) is 0 Å². The predicted molar refractivity (Wildman–Crippen MR) is 134 cm³/mol. The highest BCUT2D eigenvalue weighted by Gasteiger charge is 2.31. The SMILES string of the molecule is CSCC[C@H](NC(=O)c1ccccc1Cl)C(=O)N1CCC(c2nc3ccccc3s2)CC1. The van der Waals surface area contributed by atoms with E-state index in [4.69, 9.17) is 16.6 Å². The maximum absolute atomic E-state index is 13.3. The van der Waals surface area contributed by atoms with E-state index in [1.807, 2.05) is 29.4 Å². The van der Waals surface area contributed by atoms with Crippen LogP contribution in [-0.2, 0) is 4.79 Å². The molecule has 2 heterocycles. The highest BCUT2D eigenvalue weighted by molar-refractivity contribution is 7.98. The molecule has 0 radical (unpaired) electrons. The molecular weight excluding hydrogens is 462 g/mol. The summed E-state index contributed by atoms with van der Waals surface area (Å²) in [6.45, 7) is 1.36. The first-order valence-electron chi connectivity index (χ1n) is 10.8. The summed E-state index contributed by atoms with van der Waals surface area (Å²) in [5.41, 5.74) is 1.44. The van der Waals surface area contributed by atoms with Crippen molar-refractivity contribution in [3.05, 3.63) is 64.1 Å². The Balaban J connectivity index is 1.40. The van der Waals surface area contributed by atoms with E-state index in [2.05, 4.69) is 11.4 Å². The molecule has 0 saturated carbocycles. The molecule has 1 aliphatic rings. The third-order valence-corrected chi connectivity index (χ3v) is 7.97. The number of carbonyl (C=O) groups excluding carboxylic acids is 2. The number of fused-ring (bicyclic) bond motifs is 1. The summed E-state index contributed by atoms with van der Waals surface area (Å²) in [6, 6.07) is 14.6. The number of halogens is 1. The molecule has 1 saturated heterocycles. The van der Waals surface area contributed by atoms with Crippen LogP contribution in [-0.4, -0.2) is 52.8 Å². The molecule has 0 bridgehead atoms. The third-order valence-electron chi connectivity index (χ3n) is 5.80. The number of hydrogen-bond donors (Lipinski definition) is 1. The summed E-state index contributed by atoms with van der Waals surface area (Å²) in [4.78, 5) is 32.8. The Morgan fingerprint density at radius 1 is 1.19 bits per heavy atom. The van der Waals surface area contributed by atoms with E-state index in [0.717, 1.165) is 29.1 Å². The first-order chi connectivity index (χ1) is 15.6. The van der Waals surface area contributed by atoms with Gasteiger partial charge in [-0.3, -0.25) is 9.59 Å². The van der Waals surface area contributed by atoms with Gasteiger partial charge in [-0.05, 0) is 55.5 Å². The summed E-state index contributed by atoms with van der Waals surface area (Å²) in [6.07, 6.45) is 4.37. The number of nitrogens with zero attached hydrogens (tertiary/aromatic N) is 2. The number of para-hydroxylation sites is 1. The van der Waals surface area contributed by atoms with Crippen molar-refractivity contribution >= 4 is 56.7 Å². The van der Waals surface area contributed by atoms with Crippen LogP contribution in [0.2, 0.25) is 5.02 Å². The first-order valence-corrected chi connectivity index (χ1v) is 13.3. The van der Waals surface area contributed by atoms with E-state index >= 15 is 0 Å². The number of hydrogen-bond acceptors (Lipinski definition) is 5. The molecule has 1 N–H and O–H groups in total. The monoisotopic (exact) mass is 487 g/mol. The molecule has 4 rings (SSSR count). The molecular formula is C24H26ClN3O2S2. The average Bonchev–Trinajstić information content (AvgIpc) is 3.26. The molecule has 0 aliphatic carbocycles. The van der Waals surface area contributed by atoms with Gasteiger partial charge in [0, 0.05) is 19.0 Å². The molecule has 1 atom stereocenters. The fourth-order valence-electron chi connectivity index (χ4n) is 4.01. The molecule has 3 aromatic rings. The molecule has 0 unspecified atom stereocenters. The number of aromatic nitrogens is 1. The topological polar surface area (TPSA) is 62.3 Å². The van der Waals surface area contributed by atoms with Gasteiger partial charge in [0.1, 0.15) is 6.04 Å². The normalized spacial score (nSPS) is 15.6. The molecule has 1 fully saturated rings. The number of piperidine rings is 1. The zero-order valence-electron chi connectivity index (χ0n) is 17.9. The second-order valence-corrected chi connectivity index (χ2v) is 10.4. The van der Waals surface area contributed by atoms with Crippen molar-refractivity contribution in [3.8, 4) is 0 Å². The third kappa shape index (κ3) is 5.27. The van der Waals surface area contributed by atoms with E-state index in [-0.39, 0.29) is 11.8 Å². The zero-order chi connectivity index (χ0) is 22.5. The molecule has 1 aliphatic heterocycles. The Labute approximate surface area is 201 Å². The number of thiazole rings is 1. The minimum absolute atomic E-state index is 0.0118. The summed E-state index contributed by atoms with van der Waals surface area (Å²) in [7, 11) is 0. The maximum atomic E-state index is 13.3. The summed E-state index contributed by atoms with van der Waals surface area (Å²) < 4.78 is 1.21. The fourth-order valence-corrected chi connectivity index (χ4v) is 5.84. The van der Waals surface area contributed by atoms with Crippen LogP contribution in [0.1, 0.15) is 40.5 Å². The van der Waals surface area contributed by atoms with Crippen molar-refractivity contribution in [2.24, 2.45) is 0 Å². The van der Waals surface area contributed by atoms with Crippen LogP contribution in [0.4, 0.5) is 0 Å². The van der Waals surface area contributed by atoms with Gasteiger partial charge in [-0.1, -0.05) is 35.9 Å². The van der Waals surface area contributed by atoms with Crippen LogP contribution in [0.25, 0.3) is 10.2 Å². The minimum atomic E-state index is -0.551. The van der Waals surface area contributed by atoms with Gasteiger partial charge < -0.3 is 10.2 Å². The maximum Gasteiger partial charge on any atom is 0.253 e. The lowest BCUT2D eigenvalue weighted by atomic mass is 9.96. The smallest absolute Gasteiger partial charge is 0.253 e. The van der Waals surface area contributed by atoms with Gasteiger partial charge in [0.2, 0.25) is 5.91 Å². The van der Waals surface area contributed by atoms with E-state index in [1.165, 1.54) is 4.70 Å². The van der Waals surface area contributed by atoms with E-state index in [1.54, 1.807) is 47.4 Å². The van der Waals surface area contributed by atoms with Crippen LogP contribution in [0.3, 0.4) is 0 Å². The Bertz CT molecular complexity index is 1060. The van der Waals surface area contributed by atoms with Gasteiger partial charge >= 0.3 is 0 Å². The Morgan fingerprint density at radius 2 is 1.91 bits per heavy atom. The van der Waals surface area contributed by atoms with Crippen LogP contribution in [0.5, 0.6) is 0 Å². The van der Waals surface area contributed by atoms with E-state index < -0.39 is 6.04 Å². The van der Waals surface area contributed by atoms with Gasteiger partial charge in [-0.15, -0.1) is 11.3 Å². The van der Waals surface area contributed by atoms with E-state index in [9.17, 15) is 9.59 Å².